The molecule has 0 aliphatic carbocycles. The van der Waals surface area contributed by atoms with Crippen molar-refractivity contribution in [3.05, 3.63) is 52.2 Å². The number of amides is 1. The van der Waals surface area contributed by atoms with Crippen LogP contribution >= 0.6 is 11.3 Å². The molecular weight excluding hydrogens is 466 g/mol. The lowest BCUT2D eigenvalue weighted by Crippen LogP contribution is -2.16. The van der Waals surface area contributed by atoms with Gasteiger partial charge in [-0.25, -0.2) is 14.3 Å². The molecule has 12 heteroatoms. The van der Waals surface area contributed by atoms with Crippen LogP contribution in [0.4, 0.5) is 5.00 Å². The van der Waals surface area contributed by atoms with E-state index in [4.69, 9.17) is 23.7 Å². The van der Waals surface area contributed by atoms with Crippen molar-refractivity contribution in [3.63, 3.8) is 0 Å². The van der Waals surface area contributed by atoms with E-state index in [9.17, 15) is 14.4 Å². The Labute approximate surface area is 199 Å². The molecule has 0 fully saturated rings. The SMILES string of the molecule is COC(=O)c1sc(NC(=O)c2ccn(COc3c(OC)cccc3OC)n2)c(C(=O)OC)c1C. The van der Waals surface area contributed by atoms with Gasteiger partial charge in [-0.05, 0) is 30.7 Å². The van der Waals surface area contributed by atoms with Gasteiger partial charge in [-0.2, -0.15) is 5.10 Å². The molecule has 1 N–H and O–H groups in total. The molecular formula is C22H23N3O8S. The molecule has 11 nitrogen and oxygen atoms in total. The highest BCUT2D eigenvalue weighted by Crippen LogP contribution is 2.37. The first-order valence-corrected chi connectivity index (χ1v) is 10.6. The summed E-state index contributed by atoms with van der Waals surface area (Å²) < 4.78 is 27.3. The number of anilines is 1. The van der Waals surface area contributed by atoms with E-state index in [-0.39, 0.29) is 27.9 Å². The number of ether oxygens (including phenoxy) is 5. The molecule has 2 aromatic heterocycles. The Kier molecular flexibility index (Phi) is 7.74. The summed E-state index contributed by atoms with van der Waals surface area (Å²) in [4.78, 5) is 37.3. The van der Waals surface area contributed by atoms with Crippen LogP contribution in [0.3, 0.4) is 0 Å². The highest BCUT2D eigenvalue weighted by atomic mass is 32.1. The molecule has 3 aromatic rings. The number of carbonyl (C=O) groups is 3. The number of carbonyl (C=O) groups excluding carboxylic acids is 3. The second kappa shape index (κ2) is 10.7. The van der Waals surface area contributed by atoms with E-state index in [0.29, 0.717) is 22.8 Å². The van der Waals surface area contributed by atoms with Crippen LogP contribution in [0.15, 0.2) is 30.5 Å². The predicted molar refractivity (Wildman–Crippen MR) is 122 cm³/mol. The lowest BCUT2D eigenvalue weighted by Gasteiger charge is -2.13. The fraction of sp³-hybridized carbons (Fsp3) is 0.273. The highest BCUT2D eigenvalue weighted by molar-refractivity contribution is 7.18. The van der Waals surface area contributed by atoms with Gasteiger partial charge in [-0.1, -0.05) is 6.07 Å². The molecule has 0 atom stereocenters. The van der Waals surface area contributed by atoms with E-state index >= 15 is 0 Å². The molecule has 0 aliphatic rings. The second-order valence-electron chi connectivity index (χ2n) is 6.70. The number of para-hydroxylation sites is 1. The van der Waals surface area contributed by atoms with Crippen molar-refractivity contribution >= 4 is 34.2 Å². The van der Waals surface area contributed by atoms with Crippen molar-refractivity contribution in [1.82, 2.24) is 9.78 Å². The van der Waals surface area contributed by atoms with Crippen LogP contribution in [0, 0.1) is 6.92 Å². The average molecular weight is 490 g/mol. The van der Waals surface area contributed by atoms with Gasteiger partial charge in [0.2, 0.25) is 5.75 Å². The number of rotatable bonds is 9. The molecule has 34 heavy (non-hydrogen) atoms. The summed E-state index contributed by atoms with van der Waals surface area (Å²) in [6, 6.07) is 6.70. The van der Waals surface area contributed by atoms with E-state index in [1.54, 1.807) is 31.3 Å². The zero-order valence-corrected chi connectivity index (χ0v) is 20.0. The molecule has 1 aromatic carbocycles. The van der Waals surface area contributed by atoms with Crippen LogP contribution in [0.5, 0.6) is 17.2 Å². The third kappa shape index (κ3) is 4.96. The number of esters is 2. The van der Waals surface area contributed by atoms with Crippen LogP contribution < -0.4 is 19.5 Å². The Balaban J connectivity index is 1.78. The fourth-order valence-corrected chi connectivity index (χ4v) is 4.16. The molecule has 2 heterocycles. The summed E-state index contributed by atoms with van der Waals surface area (Å²) in [6.45, 7) is 1.55. The van der Waals surface area contributed by atoms with E-state index in [0.717, 1.165) is 11.3 Å². The Bertz CT molecular complexity index is 1190. The van der Waals surface area contributed by atoms with Gasteiger partial charge in [0, 0.05) is 6.20 Å². The van der Waals surface area contributed by atoms with Gasteiger partial charge in [0.25, 0.3) is 5.91 Å². The standard InChI is InChI=1S/C22H23N3O8S/c1-12-16(21(27)31-4)20(34-18(12)22(28)32-5)23-19(26)13-9-10-25(24-13)11-33-17-14(29-2)7-6-8-15(17)30-3/h6-10H,11H2,1-5H3,(H,23,26). The minimum absolute atomic E-state index is 0.0258. The summed E-state index contributed by atoms with van der Waals surface area (Å²) >= 11 is 0.914. The highest BCUT2D eigenvalue weighted by Gasteiger charge is 2.27. The minimum Gasteiger partial charge on any atom is -0.493 e. The van der Waals surface area contributed by atoms with Crippen LogP contribution in [0.25, 0.3) is 0 Å². The smallest absolute Gasteiger partial charge is 0.348 e. The van der Waals surface area contributed by atoms with Gasteiger partial charge in [0.1, 0.15) is 9.88 Å². The number of benzene rings is 1. The van der Waals surface area contributed by atoms with Crippen molar-refractivity contribution in [1.29, 1.82) is 0 Å². The quantitative estimate of drug-likeness (QED) is 0.451. The van der Waals surface area contributed by atoms with E-state index in [1.807, 2.05) is 0 Å². The third-order valence-corrected chi connectivity index (χ3v) is 5.92. The second-order valence-corrected chi connectivity index (χ2v) is 7.72. The zero-order valence-electron chi connectivity index (χ0n) is 19.2. The molecule has 0 saturated heterocycles. The van der Waals surface area contributed by atoms with Gasteiger partial charge in [0.05, 0.1) is 34.0 Å². The van der Waals surface area contributed by atoms with E-state index < -0.39 is 17.8 Å². The minimum atomic E-state index is -0.691. The van der Waals surface area contributed by atoms with Gasteiger partial charge >= 0.3 is 11.9 Å². The normalized spacial score (nSPS) is 10.4. The fourth-order valence-electron chi connectivity index (χ4n) is 3.05. The van der Waals surface area contributed by atoms with Crippen molar-refractivity contribution < 1.29 is 38.1 Å². The van der Waals surface area contributed by atoms with Crippen molar-refractivity contribution in [2.75, 3.05) is 33.8 Å². The molecule has 180 valence electrons. The number of aromatic nitrogens is 2. The molecule has 1 amide bonds. The van der Waals surface area contributed by atoms with Gasteiger partial charge in [-0.3, -0.25) is 4.79 Å². The predicted octanol–water partition coefficient (Wildman–Crippen LogP) is 3.13. The Morgan fingerprint density at radius 1 is 1.00 bits per heavy atom. The van der Waals surface area contributed by atoms with E-state index in [2.05, 4.69) is 10.4 Å². The third-order valence-electron chi connectivity index (χ3n) is 4.73. The van der Waals surface area contributed by atoms with Gasteiger partial charge in [-0.15, -0.1) is 11.3 Å². The maximum absolute atomic E-state index is 12.8. The van der Waals surface area contributed by atoms with E-state index in [1.165, 1.54) is 39.2 Å². The monoisotopic (exact) mass is 489 g/mol. The molecule has 0 radical (unpaired) electrons. The van der Waals surface area contributed by atoms with Crippen LogP contribution in [-0.4, -0.2) is 56.1 Å². The Morgan fingerprint density at radius 2 is 1.65 bits per heavy atom. The first-order valence-electron chi connectivity index (χ1n) is 9.83. The number of hydrogen-bond acceptors (Lipinski definition) is 10. The van der Waals surface area contributed by atoms with Crippen LogP contribution in [0.1, 0.15) is 36.1 Å². The number of nitrogens with one attached hydrogen (secondary N) is 1. The van der Waals surface area contributed by atoms with Crippen LogP contribution in [-0.2, 0) is 16.2 Å². The lowest BCUT2D eigenvalue weighted by atomic mass is 10.1. The lowest BCUT2D eigenvalue weighted by molar-refractivity contribution is 0.0601. The maximum atomic E-state index is 12.8. The maximum Gasteiger partial charge on any atom is 0.348 e. The molecule has 0 saturated carbocycles. The molecule has 3 rings (SSSR count). The molecule has 0 aliphatic heterocycles. The summed E-state index contributed by atoms with van der Waals surface area (Å²) in [5.41, 5.74) is 0.494. The largest absolute Gasteiger partial charge is 0.493 e. The molecule has 0 unspecified atom stereocenters. The van der Waals surface area contributed by atoms with Crippen molar-refractivity contribution in [2.24, 2.45) is 0 Å². The number of nitrogens with zero attached hydrogens (tertiary/aromatic N) is 2. The Hall–Kier alpha value is -4.06. The summed E-state index contributed by atoms with van der Waals surface area (Å²) in [5, 5.41) is 6.97. The van der Waals surface area contributed by atoms with Gasteiger partial charge < -0.3 is 29.0 Å². The van der Waals surface area contributed by atoms with Crippen LogP contribution in [0.2, 0.25) is 0 Å². The topological polar surface area (TPSA) is 127 Å². The summed E-state index contributed by atoms with van der Waals surface area (Å²) in [5.74, 6) is -0.550. The molecule has 0 spiro atoms. The Morgan fingerprint density at radius 3 is 2.24 bits per heavy atom. The van der Waals surface area contributed by atoms with Gasteiger partial charge in [0.15, 0.2) is 23.9 Å². The number of hydrogen-bond donors (Lipinski definition) is 1. The summed E-state index contributed by atoms with van der Waals surface area (Å²) in [6.07, 6.45) is 1.55. The first-order chi connectivity index (χ1) is 16.3. The number of thiophene rings is 1. The van der Waals surface area contributed by atoms with Crippen molar-refractivity contribution in [3.8, 4) is 17.2 Å². The number of methoxy groups -OCH3 is 4. The van der Waals surface area contributed by atoms with Crippen molar-refractivity contribution in [2.45, 2.75) is 13.7 Å². The summed E-state index contributed by atoms with van der Waals surface area (Å²) in [7, 11) is 5.46. The average Bonchev–Trinajstić information content (AvgIpc) is 3.46. The zero-order chi connectivity index (χ0) is 24.8. The first kappa shape index (κ1) is 24.6. The molecule has 0 bridgehead atoms.